The van der Waals surface area contributed by atoms with Gasteiger partial charge in [-0.05, 0) is 38.9 Å². The molecule has 96 valence electrons. The van der Waals surface area contributed by atoms with Gasteiger partial charge in [-0.2, -0.15) is 0 Å². The summed E-state index contributed by atoms with van der Waals surface area (Å²) in [4.78, 5) is 1.29. The topological polar surface area (TPSA) is 21.3 Å². The molecule has 1 aromatic rings. The molecular weight excluding hydrogens is 254 g/mol. The molecule has 1 saturated carbocycles. The number of halogens is 1. The van der Waals surface area contributed by atoms with E-state index in [2.05, 4.69) is 18.3 Å². The van der Waals surface area contributed by atoms with Crippen LogP contribution in [-0.4, -0.2) is 19.3 Å². The molecule has 0 aromatic carbocycles. The normalized spacial score (nSPS) is 20.6. The Morgan fingerprint density at radius 3 is 2.65 bits per heavy atom. The zero-order chi connectivity index (χ0) is 12.3. The van der Waals surface area contributed by atoms with Crippen molar-refractivity contribution in [1.29, 1.82) is 0 Å². The summed E-state index contributed by atoms with van der Waals surface area (Å²) >= 11 is 7.70. The molecule has 0 radical (unpaired) electrons. The lowest BCUT2D eigenvalue weighted by Gasteiger charge is -2.36. The van der Waals surface area contributed by atoms with Crippen LogP contribution in [0.15, 0.2) is 12.1 Å². The van der Waals surface area contributed by atoms with Crippen LogP contribution in [0.1, 0.15) is 43.5 Å². The molecule has 17 heavy (non-hydrogen) atoms. The Hall–Kier alpha value is -0.0900. The lowest BCUT2D eigenvalue weighted by Crippen LogP contribution is -2.42. The van der Waals surface area contributed by atoms with E-state index < -0.39 is 0 Å². The highest BCUT2D eigenvalue weighted by atomic mass is 35.5. The summed E-state index contributed by atoms with van der Waals surface area (Å²) in [6.07, 6.45) is 4.80. The maximum atomic E-state index is 6.11. The molecule has 0 bridgehead atoms. The number of nitrogens with one attached hydrogen (secondary N) is 1. The third kappa shape index (κ3) is 2.68. The first kappa shape index (κ1) is 13.3. The average molecular weight is 274 g/mol. The molecule has 1 heterocycles. The van der Waals surface area contributed by atoms with Crippen molar-refractivity contribution in [3.05, 3.63) is 21.3 Å². The van der Waals surface area contributed by atoms with Crippen LogP contribution in [0.4, 0.5) is 0 Å². The second kappa shape index (κ2) is 5.70. The molecule has 0 amide bonds. The molecule has 1 aliphatic rings. The molecule has 1 unspecified atom stereocenters. The van der Waals surface area contributed by atoms with Gasteiger partial charge >= 0.3 is 0 Å². The fourth-order valence-corrected chi connectivity index (χ4v) is 4.20. The average Bonchev–Trinajstić information content (AvgIpc) is 2.91. The number of thiophene rings is 1. The van der Waals surface area contributed by atoms with Gasteiger partial charge in [0.1, 0.15) is 0 Å². The van der Waals surface area contributed by atoms with Crippen LogP contribution in [0, 0.1) is 0 Å². The number of ether oxygens (including phenoxy) is 1. The maximum Gasteiger partial charge on any atom is 0.0931 e. The van der Waals surface area contributed by atoms with Crippen LogP contribution in [0.2, 0.25) is 4.34 Å². The lowest BCUT2D eigenvalue weighted by molar-refractivity contribution is -0.0602. The summed E-state index contributed by atoms with van der Waals surface area (Å²) in [5.74, 6) is 0. The van der Waals surface area contributed by atoms with Gasteiger partial charge in [0, 0.05) is 11.5 Å². The lowest BCUT2D eigenvalue weighted by atomic mass is 9.90. The summed E-state index contributed by atoms with van der Waals surface area (Å²) in [5.41, 5.74) is -0.0301. The largest absolute Gasteiger partial charge is 0.373 e. The molecule has 1 aliphatic carbocycles. The fraction of sp³-hybridized carbons (Fsp3) is 0.692. The van der Waals surface area contributed by atoms with Crippen LogP contribution < -0.4 is 5.32 Å². The molecule has 4 heteroatoms. The van der Waals surface area contributed by atoms with E-state index in [4.69, 9.17) is 16.3 Å². The van der Waals surface area contributed by atoms with Gasteiger partial charge in [-0.15, -0.1) is 11.3 Å². The molecule has 2 rings (SSSR count). The van der Waals surface area contributed by atoms with E-state index in [0.717, 1.165) is 23.8 Å². The first-order valence-corrected chi connectivity index (χ1v) is 7.48. The standard InChI is InChI=1S/C13H20ClNOS/c1-3-16-13(8-4-5-9-13)12(15-2)10-6-7-11(14)17-10/h6-7,12,15H,3-5,8-9H2,1-2H3. The van der Waals surface area contributed by atoms with Crippen molar-refractivity contribution in [3.8, 4) is 0 Å². The first-order chi connectivity index (χ1) is 8.22. The molecule has 0 spiro atoms. The Morgan fingerprint density at radius 2 is 2.18 bits per heavy atom. The quantitative estimate of drug-likeness (QED) is 0.875. The maximum absolute atomic E-state index is 6.11. The minimum atomic E-state index is -0.0301. The predicted octanol–water partition coefficient (Wildman–Crippen LogP) is 4.01. The molecule has 1 atom stereocenters. The van der Waals surface area contributed by atoms with E-state index in [1.807, 2.05) is 13.1 Å². The first-order valence-electron chi connectivity index (χ1n) is 6.28. The van der Waals surface area contributed by atoms with E-state index in [0.29, 0.717) is 0 Å². The summed E-state index contributed by atoms with van der Waals surface area (Å²) < 4.78 is 6.96. The van der Waals surface area contributed by atoms with E-state index in [9.17, 15) is 0 Å². The van der Waals surface area contributed by atoms with Gasteiger partial charge in [-0.1, -0.05) is 24.4 Å². The second-order valence-electron chi connectivity index (χ2n) is 4.57. The van der Waals surface area contributed by atoms with Gasteiger partial charge in [-0.3, -0.25) is 0 Å². The number of likely N-dealkylation sites (N-methyl/N-ethyl adjacent to an activating group) is 1. The van der Waals surface area contributed by atoms with Crippen molar-refractivity contribution in [1.82, 2.24) is 5.32 Å². The Bertz CT molecular complexity index is 360. The highest BCUT2D eigenvalue weighted by Gasteiger charge is 2.42. The van der Waals surface area contributed by atoms with Gasteiger partial charge in [0.05, 0.1) is 16.0 Å². The summed E-state index contributed by atoms with van der Waals surface area (Å²) in [6.45, 7) is 2.85. The third-order valence-electron chi connectivity index (χ3n) is 3.57. The molecular formula is C13H20ClNOS. The van der Waals surface area contributed by atoms with Gasteiger partial charge in [0.2, 0.25) is 0 Å². The monoisotopic (exact) mass is 273 g/mol. The van der Waals surface area contributed by atoms with Gasteiger partial charge < -0.3 is 10.1 Å². The van der Waals surface area contributed by atoms with Gasteiger partial charge in [-0.25, -0.2) is 0 Å². The van der Waals surface area contributed by atoms with Crippen LogP contribution >= 0.6 is 22.9 Å². The van der Waals surface area contributed by atoms with Crippen LogP contribution in [0.25, 0.3) is 0 Å². The molecule has 0 saturated heterocycles. The van der Waals surface area contributed by atoms with E-state index in [1.165, 1.54) is 17.7 Å². The van der Waals surface area contributed by atoms with Gasteiger partial charge in [0.25, 0.3) is 0 Å². The third-order valence-corrected chi connectivity index (χ3v) is 4.87. The molecule has 2 nitrogen and oxygen atoms in total. The van der Waals surface area contributed by atoms with Crippen LogP contribution in [-0.2, 0) is 4.74 Å². The van der Waals surface area contributed by atoms with Crippen molar-refractivity contribution < 1.29 is 4.74 Å². The number of rotatable bonds is 5. The number of hydrogen-bond acceptors (Lipinski definition) is 3. The smallest absolute Gasteiger partial charge is 0.0931 e. The van der Waals surface area contributed by atoms with E-state index >= 15 is 0 Å². The molecule has 0 aliphatic heterocycles. The van der Waals surface area contributed by atoms with Crippen molar-refractivity contribution in [2.75, 3.05) is 13.7 Å². The van der Waals surface area contributed by atoms with Crippen LogP contribution in [0.5, 0.6) is 0 Å². The summed E-state index contributed by atoms with van der Waals surface area (Å²) in [6, 6.07) is 4.36. The van der Waals surface area contributed by atoms with E-state index in [-0.39, 0.29) is 11.6 Å². The SMILES string of the molecule is CCOC1(C(NC)c2ccc(Cl)s2)CCCC1. The fourth-order valence-electron chi connectivity index (χ4n) is 2.93. The number of hydrogen-bond donors (Lipinski definition) is 1. The molecule has 1 N–H and O–H groups in total. The van der Waals surface area contributed by atoms with Gasteiger partial charge in [0.15, 0.2) is 0 Å². The van der Waals surface area contributed by atoms with Crippen molar-refractivity contribution in [3.63, 3.8) is 0 Å². The Kier molecular flexibility index (Phi) is 4.47. The highest BCUT2D eigenvalue weighted by molar-refractivity contribution is 7.16. The Balaban J connectivity index is 2.26. The molecule has 1 fully saturated rings. The minimum Gasteiger partial charge on any atom is -0.373 e. The molecule has 1 aromatic heterocycles. The summed E-state index contributed by atoms with van der Waals surface area (Å²) in [5, 5.41) is 3.43. The van der Waals surface area contributed by atoms with E-state index in [1.54, 1.807) is 11.3 Å². The van der Waals surface area contributed by atoms with Crippen molar-refractivity contribution in [2.24, 2.45) is 0 Å². The second-order valence-corrected chi connectivity index (χ2v) is 6.32. The Labute approximate surface area is 112 Å². The highest BCUT2D eigenvalue weighted by Crippen LogP contribution is 2.44. The van der Waals surface area contributed by atoms with Crippen molar-refractivity contribution in [2.45, 2.75) is 44.2 Å². The summed E-state index contributed by atoms with van der Waals surface area (Å²) in [7, 11) is 2.01. The van der Waals surface area contributed by atoms with Crippen LogP contribution in [0.3, 0.4) is 0 Å². The van der Waals surface area contributed by atoms with Crippen molar-refractivity contribution >= 4 is 22.9 Å². The minimum absolute atomic E-state index is 0.0301. The predicted molar refractivity (Wildman–Crippen MR) is 74.0 cm³/mol. The zero-order valence-electron chi connectivity index (χ0n) is 10.5. The Morgan fingerprint density at radius 1 is 1.47 bits per heavy atom. The zero-order valence-corrected chi connectivity index (χ0v) is 12.0.